The van der Waals surface area contributed by atoms with Crippen LogP contribution in [0.2, 0.25) is 0 Å². The molecule has 1 aromatic carbocycles. The van der Waals surface area contributed by atoms with Gasteiger partial charge in [0.05, 0.1) is 13.2 Å². The maximum absolute atomic E-state index is 5.75. The number of hydrogen-bond acceptors (Lipinski definition) is 3. The van der Waals surface area contributed by atoms with Gasteiger partial charge in [0.1, 0.15) is 5.75 Å². The molecule has 3 aromatic rings. The second kappa shape index (κ2) is 7.17. The lowest BCUT2D eigenvalue weighted by molar-refractivity contribution is 0.293. The minimum Gasteiger partial charge on any atom is -0.497 e. The van der Waals surface area contributed by atoms with Crippen LogP contribution in [0.1, 0.15) is 17.3 Å². The van der Waals surface area contributed by atoms with Gasteiger partial charge >= 0.3 is 0 Å². The number of benzene rings is 1. The molecule has 0 fully saturated rings. The molecule has 2 aromatic heterocycles. The van der Waals surface area contributed by atoms with Gasteiger partial charge in [-0.2, -0.15) is 0 Å². The number of thiocarbonyl (C=S) groups is 1. The highest BCUT2D eigenvalue weighted by Crippen LogP contribution is 2.32. The Morgan fingerprint density at radius 1 is 1.15 bits per heavy atom. The summed E-state index contributed by atoms with van der Waals surface area (Å²) in [6.45, 7) is 1.74. The van der Waals surface area contributed by atoms with Gasteiger partial charge < -0.3 is 19.5 Å². The van der Waals surface area contributed by atoms with Crippen LogP contribution >= 0.6 is 12.2 Å². The first-order valence-electron chi connectivity index (χ1n) is 8.53. The molecule has 0 aliphatic carbocycles. The number of nitrogens with zero attached hydrogens (tertiary/aromatic N) is 3. The van der Waals surface area contributed by atoms with Gasteiger partial charge in [-0.1, -0.05) is 6.07 Å². The van der Waals surface area contributed by atoms with Crippen LogP contribution in [0.15, 0.2) is 67.1 Å². The SMILES string of the molecule is COc1ccc(NC(=S)N2CCn3cccc3C2c2cccnc2)cc1. The summed E-state index contributed by atoms with van der Waals surface area (Å²) in [6.07, 6.45) is 5.83. The highest BCUT2D eigenvalue weighted by Gasteiger charge is 2.30. The minimum absolute atomic E-state index is 0.0469. The van der Waals surface area contributed by atoms with Crippen molar-refractivity contribution < 1.29 is 4.74 Å². The molecule has 1 N–H and O–H groups in total. The highest BCUT2D eigenvalue weighted by atomic mass is 32.1. The van der Waals surface area contributed by atoms with Crippen LogP contribution in [0.5, 0.6) is 5.75 Å². The molecule has 0 radical (unpaired) electrons. The van der Waals surface area contributed by atoms with E-state index >= 15 is 0 Å². The van der Waals surface area contributed by atoms with Gasteiger partial charge in [-0.3, -0.25) is 4.98 Å². The first kappa shape index (κ1) is 16.6. The lowest BCUT2D eigenvalue weighted by atomic mass is 10.0. The molecule has 1 aliphatic rings. The Morgan fingerprint density at radius 3 is 2.73 bits per heavy atom. The van der Waals surface area contributed by atoms with Gasteiger partial charge in [0.2, 0.25) is 0 Å². The number of rotatable bonds is 3. The van der Waals surface area contributed by atoms with Gasteiger partial charge in [0.25, 0.3) is 0 Å². The fourth-order valence-electron chi connectivity index (χ4n) is 3.36. The van der Waals surface area contributed by atoms with Gasteiger partial charge in [-0.25, -0.2) is 0 Å². The quantitative estimate of drug-likeness (QED) is 0.718. The van der Waals surface area contributed by atoms with Crippen molar-refractivity contribution in [2.24, 2.45) is 0 Å². The number of nitrogens with one attached hydrogen (secondary N) is 1. The summed E-state index contributed by atoms with van der Waals surface area (Å²) in [6, 6.07) is 16.1. The third kappa shape index (κ3) is 3.15. The van der Waals surface area contributed by atoms with E-state index in [1.54, 1.807) is 13.3 Å². The van der Waals surface area contributed by atoms with Crippen molar-refractivity contribution in [2.45, 2.75) is 12.6 Å². The number of fused-ring (bicyclic) bond motifs is 1. The molecule has 0 amide bonds. The van der Waals surface area contributed by atoms with Gasteiger partial charge in [0.15, 0.2) is 5.11 Å². The summed E-state index contributed by atoms with van der Waals surface area (Å²) < 4.78 is 7.50. The fraction of sp³-hybridized carbons (Fsp3) is 0.200. The van der Waals surface area contributed by atoms with Crippen LogP contribution in [-0.4, -0.2) is 33.2 Å². The Kier molecular flexibility index (Phi) is 4.58. The minimum atomic E-state index is 0.0469. The maximum Gasteiger partial charge on any atom is 0.174 e. The van der Waals surface area contributed by atoms with Crippen molar-refractivity contribution in [1.29, 1.82) is 0 Å². The molecule has 0 spiro atoms. The van der Waals surface area contributed by atoms with E-state index in [0.717, 1.165) is 30.1 Å². The molecule has 1 atom stereocenters. The van der Waals surface area contributed by atoms with Crippen LogP contribution < -0.4 is 10.1 Å². The highest BCUT2D eigenvalue weighted by molar-refractivity contribution is 7.80. The van der Waals surface area contributed by atoms with Gasteiger partial charge in [-0.05, 0) is 60.2 Å². The van der Waals surface area contributed by atoms with E-state index in [2.05, 4.69) is 44.2 Å². The second-order valence-corrected chi connectivity index (χ2v) is 6.55. The van der Waals surface area contributed by atoms with Crippen molar-refractivity contribution >= 4 is 23.0 Å². The van der Waals surface area contributed by atoms with E-state index in [4.69, 9.17) is 17.0 Å². The van der Waals surface area contributed by atoms with Crippen LogP contribution in [-0.2, 0) is 6.54 Å². The molecule has 26 heavy (non-hydrogen) atoms. The molecule has 4 rings (SSSR count). The number of ether oxygens (including phenoxy) is 1. The van der Waals surface area contributed by atoms with E-state index < -0.39 is 0 Å². The normalized spacial score (nSPS) is 16.0. The molecule has 3 heterocycles. The zero-order valence-corrected chi connectivity index (χ0v) is 15.3. The van der Waals surface area contributed by atoms with Crippen LogP contribution in [0.4, 0.5) is 5.69 Å². The summed E-state index contributed by atoms with van der Waals surface area (Å²) in [5.41, 5.74) is 3.30. The lowest BCUT2D eigenvalue weighted by Gasteiger charge is -2.38. The molecule has 1 unspecified atom stereocenters. The van der Waals surface area contributed by atoms with E-state index in [1.807, 2.05) is 36.5 Å². The summed E-state index contributed by atoms with van der Waals surface area (Å²) in [5, 5.41) is 4.06. The second-order valence-electron chi connectivity index (χ2n) is 6.17. The average molecular weight is 364 g/mol. The predicted octanol–water partition coefficient (Wildman–Crippen LogP) is 3.69. The summed E-state index contributed by atoms with van der Waals surface area (Å²) >= 11 is 5.75. The third-order valence-electron chi connectivity index (χ3n) is 4.64. The molecule has 0 bridgehead atoms. The lowest BCUT2D eigenvalue weighted by Crippen LogP contribution is -2.44. The number of pyridine rings is 1. The summed E-state index contributed by atoms with van der Waals surface area (Å²) in [4.78, 5) is 6.53. The Labute approximate surface area is 158 Å². The first-order chi connectivity index (χ1) is 12.8. The van der Waals surface area contributed by atoms with Crippen molar-refractivity contribution in [3.63, 3.8) is 0 Å². The zero-order valence-electron chi connectivity index (χ0n) is 14.5. The van der Waals surface area contributed by atoms with E-state index in [-0.39, 0.29) is 6.04 Å². The fourth-order valence-corrected chi connectivity index (χ4v) is 3.67. The molecule has 0 saturated carbocycles. The van der Waals surface area contributed by atoms with E-state index in [9.17, 15) is 0 Å². The van der Waals surface area contributed by atoms with Gasteiger partial charge in [-0.15, -0.1) is 0 Å². The summed E-state index contributed by atoms with van der Waals surface area (Å²) in [5.74, 6) is 0.825. The predicted molar refractivity (Wildman–Crippen MR) is 106 cm³/mol. The molecule has 5 nitrogen and oxygen atoms in total. The Balaban J connectivity index is 1.62. The Hall–Kier alpha value is -2.86. The van der Waals surface area contributed by atoms with Crippen molar-refractivity contribution in [3.8, 4) is 5.75 Å². The van der Waals surface area contributed by atoms with Crippen LogP contribution in [0, 0.1) is 0 Å². The molecule has 0 saturated heterocycles. The Morgan fingerprint density at radius 2 is 2.00 bits per heavy atom. The third-order valence-corrected chi connectivity index (χ3v) is 4.98. The zero-order chi connectivity index (χ0) is 17.9. The standard InChI is InChI=1S/C20H20N4OS/c1-25-17-8-6-16(7-9-17)22-20(26)24-13-12-23-11-3-5-18(23)19(24)15-4-2-10-21-14-15/h2-11,14,19H,12-13H2,1H3,(H,22,26). The number of methoxy groups -OCH3 is 1. The van der Waals surface area contributed by atoms with Crippen molar-refractivity contribution in [1.82, 2.24) is 14.5 Å². The summed E-state index contributed by atoms with van der Waals surface area (Å²) in [7, 11) is 1.66. The molecular weight excluding hydrogens is 344 g/mol. The number of hydrogen-bond donors (Lipinski definition) is 1. The first-order valence-corrected chi connectivity index (χ1v) is 8.94. The topological polar surface area (TPSA) is 42.3 Å². The molecule has 1 aliphatic heterocycles. The molecular formula is C20H20N4OS. The van der Waals surface area contributed by atoms with E-state index in [1.165, 1.54) is 5.69 Å². The van der Waals surface area contributed by atoms with Gasteiger partial charge in [0, 0.05) is 43.1 Å². The Bertz CT molecular complexity index is 892. The van der Waals surface area contributed by atoms with Crippen LogP contribution in [0.3, 0.4) is 0 Å². The van der Waals surface area contributed by atoms with Crippen molar-refractivity contribution in [3.05, 3.63) is 78.4 Å². The largest absolute Gasteiger partial charge is 0.497 e. The molecule has 132 valence electrons. The van der Waals surface area contributed by atoms with Crippen molar-refractivity contribution in [2.75, 3.05) is 19.0 Å². The smallest absolute Gasteiger partial charge is 0.174 e. The van der Waals surface area contributed by atoms with Crippen LogP contribution in [0.25, 0.3) is 0 Å². The maximum atomic E-state index is 5.75. The molecule has 6 heteroatoms. The number of anilines is 1. The average Bonchev–Trinajstić information content (AvgIpc) is 3.17. The number of aromatic nitrogens is 2. The monoisotopic (exact) mass is 364 g/mol. The van der Waals surface area contributed by atoms with E-state index in [0.29, 0.717) is 5.11 Å².